The molecule has 1 aromatic rings. The zero-order chi connectivity index (χ0) is 20.8. The average Bonchev–Trinajstić information content (AvgIpc) is 3.47. The van der Waals surface area contributed by atoms with Gasteiger partial charge in [0.2, 0.25) is 6.79 Å². The number of halogens is 1. The van der Waals surface area contributed by atoms with Gasteiger partial charge in [-0.25, -0.2) is 4.99 Å². The van der Waals surface area contributed by atoms with Gasteiger partial charge in [-0.05, 0) is 25.1 Å². The summed E-state index contributed by atoms with van der Waals surface area (Å²) in [7, 11) is 0. The predicted molar refractivity (Wildman–Crippen MR) is 109 cm³/mol. The summed E-state index contributed by atoms with van der Waals surface area (Å²) in [5, 5.41) is 13.3. The molecule has 4 atom stereocenters. The largest absolute Gasteiger partial charge is 0.456 e. The smallest absolute Gasteiger partial charge is 0.296 e. The number of fused-ring (bicyclic) bond motifs is 2. The molecule has 4 aliphatic heterocycles. The first-order chi connectivity index (χ1) is 14.5. The molecule has 0 aliphatic carbocycles. The molecule has 4 heterocycles. The number of rotatable bonds is 3. The van der Waals surface area contributed by atoms with E-state index in [0.29, 0.717) is 40.4 Å². The maximum absolute atomic E-state index is 9.86. The van der Waals surface area contributed by atoms with Gasteiger partial charge in [-0.15, -0.1) is 0 Å². The first-order valence-corrected chi connectivity index (χ1v) is 9.85. The van der Waals surface area contributed by atoms with E-state index in [0.717, 1.165) is 5.56 Å². The van der Waals surface area contributed by atoms with Crippen LogP contribution in [0.3, 0.4) is 0 Å². The molecule has 5 rings (SSSR count). The van der Waals surface area contributed by atoms with Crippen LogP contribution in [-0.4, -0.2) is 61.4 Å². The fourth-order valence-electron chi connectivity index (χ4n) is 3.70. The van der Waals surface area contributed by atoms with Crippen molar-refractivity contribution in [3.05, 3.63) is 41.1 Å². The summed E-state index contributed by atoms with van der Waals surface area (Å²) in [5.74, 6) is 1.66. The lowest BCUT2D eigenvalue weighted by Gasteiger charge is -2.17. The van der Waals surface area contributed by atoms with Gasteiger partial charge in [-0.2, -0.15) is 4.99 Å². The van der Waals surface area contributed by atoms with E-state index in [2.05, 4.69) is 21.9 Å². The zero-order valence-corrected chi connectivity index (χ0v) is 16.9. The first-order valence-electron chi connectivity index (χ1n) is 9.47. The van der Waals surface area contributed by atoms with Crippen molar-refractivity contribution in [1.82, 2.24) is 5.32 Å². The molecular weight excluding hydrogens is 414 g/mol. The highest BCUT2D eigenvalue weighted by molar-refractivity contribution is 6.32. The van der Waals surface area contributed by atoms with Gasteiger partial charge in [0.25, 0.3) is 6.02 Å². The highest BCUT2D eigenvalue weighted by Gasteiger charge is 2.49. The van der Waals surface area contributed by atoms with Crippen molar-refractivity contribution in [3.8, 4) is 11.5 Å². The molecule has 2 saturated heterocycles. The Bertz CT molecular complexity index is 987. The first kappa shape index (κ1) is 19.4. The molecule has 9 nitrogen and oxygen atoms in total. The van der Waals surface area contributed by atoms with Crippen LogP contribution in [0.25, 0.3) is 5.70 Å². The fourth-order valence-corrected chi connectivity index (χ4v) is 3.85. The quantitative estimate of drug-likeness (QED) is 0.748. The van der Waals surface area contributed by atoms with Crippen molar-refractivity contribution in [2.45, 2.75) is 31.3 Å². The molecule has 2 N–H and O–H groups in total. The monoisotopic (exact) mass is 433 g/mol. The summed E-state index contributed by atoms with van der Waals surface area (Å²) in [6.45, 7) is 6.42. The molecule has 1 aromatic carbocycles. The Morgan fingerprint density at radius 2 is 2.07 bits per heavy atom. The van der Waals surface area contributed by atoms with Gasteiger partial charge in [0.05, 0.1) is 24.6 Å². The van der Waals surface area contributed by atoms with Crippen molar-refractivity contribution in [2.75, 3.05) is 20.0 Å². The van der Waals surface area contributed by atoms with Crippen molar-refractivity contribution in [2.24, 2.45) is 9.98 Å². The molecule has 0 bridgehead atoms. The molecule has 30 heavy (non-hydrogen) atoms. The number of nitrogens with one attached hydrogen (secondary N) is 1. The van der Waals surface area contributed by atoms with E-state index in [-0.39, 0.29) is 37.7 Å². The minimum atomic E-state index is -0.643. The second-order valence-electron chi connectivity index (χ2n) is 7.23. The Kier molecular flexibility index (Phi) is 4.90. The van der Waals surface area contributed by atoms with Crippen LogP contribution >= 0.6 is 11.6 Å². The highest BCUT2D eigenvalue weighted by Crippen LogP contribution is 2.36. The van der Waals surface area contributed by atoms with Crippen molar-refractivity contribution < 1.29 is 28.8 Å². The number of hydrogen-bond donors (Lipinski definition) is 2. The minimum absolute atomic E-state index is 0.186. The Morgan fingerprint density at radius 3 is 2.90 bits per heavy atom. The van der Waals surface area contributed by atoms with Crippen molar-refractivity contribution >= 4 is 29.2 Å². The number of nitrogens with zero attached hydrogens (tertiary/aromatic N) is 2. The van der Waals surface area contributed by atoms with E-state index in [1.165, 1.54) is 0 Å². The van der Waals surface area contributed by atoms with Gasteiger partial charge < -0.3 is 34.1 Å². The maximum atomic E-state index is 9.86. The molecule has 158 valence electrons. The van der Waals surface area contributed by atoms with Crippen LogP contribution in [0.2, 0.25) is 0 Å². The molecule has 0 aromatic heterocycles. The Balaban J connectivity index is 1.37. The summed E-state index contributed by atoms with van der Waals surface area (Å²) in [6, 6.07) is 5.72. The molecule has 0 spiro atoms. The minimum Gasteiger partial charge on any atom is -0.456 e. The molecule has 1 unspecified atom stereocenters. The molecule has 2 fully saturated rings. The van der Waals surface area contributed by atoms with Crippen LogP contribution in [0, 0.1) is 0 Å². The Morgan fingerprint density at radius 1 is 1.27 bits per heavy atom. The topological polar surface area (TPSA) is 103 Å². The normalized spacial score (nSPS) is 31.5. The predicted octanol–water partition coefficient (Wildman–Crippen LogP) is 1.76. The number of amidine groups is 2. The summed E-state index contributed by atoms with van der Waals surface area (Å²) >= 11 is 6.32. The van der Waals surface area contributed by atoms with E-state index in [1.807, 2.05) is 18.2 Å². The number of aliphatic imine (C=N–C) groups is 2. The average molecular weight is 434 g/mol. The highest BCUT2D eigenvalue weighted by atomic mass is 35.5. The Labute approximate surface area is 177 Å². The molecular formula is C20H20ClN3O6. The van der Waals surface area contributed by atoms with Crippen molar-refractivity contribution in [3.63, 3.8) is 0 Å². The third-order valence-corrected chi connectivity index (χ3v) is 5.35. The number of hydrogen-bond acceptors (Lipinski definition) is 8. The summed E-state index contributed by atoms with van der Waals surface area (Å²) < 4.78 is 27.8. The lowest BCUT2D eigenvalue weighted by molar-refractivity contribution is 0.00520. The van der Waals surface area contributed by atoms with Crippen LogP contribution in [-0.2, 0) is 14.2 Å². The van der Waals surface area contributed by atoms with E-state index in [9.17, 15) is 5.11 Å². The van der Waals surface area contributed by atoms with E-state index >= 15 is 0 Å². The van der Waals surface area contributed by atoms with Gasteiger partial charge in [0.1, 0.15) is 18.3 Å². The van der Waals surface area contributed by atoms with Gasteiger partial charge in [-0.3, -0.25) is 0 Å². The van der Waals surface area contributed by atoms with Crippen LogP contribution in [0.15, 0.2) is 45.5 Å². The number of allylic oxidation sites excluding steroid dienone is 1. The van der Waals surface area contributed by atoms with Gasteiger partial charge >= 0.3 is 0 Å². The number of aliphatic hydroxyl groups is 1. The van der Waals surface area contributed by atoms with Gasteiger partial charge in [0, 0.05) is 10.6 Å². The molecule has 0 radical (unpaired) electrons. The summed E-state index contributed by atoms with van der Waals surface area (Å²) in [6.07, 6.45) is -1.75. The van der Waals surface area contributed by atoms with E-state index < -0.39 is 6.10 Å². The second-order valence-corrected chi connectivity index (χ2v) is 7.79. The maximum Gasteiger partial charge on any atom is 0.296 e. The third kappa shape index (κ3) is 3.43. The van der Waals surface area contributed by atoms with Crippen LogP contribution < -0.4 is 14.8 Å². The number of aliphatic hydroxyl groups excluding tert-OH is 1. The van der Waals surface area contributed by atoms with Crippen molar-refractivity contribution in [1.29, 1.82) is 0 Å². The third-order valence-electron chi connectivity index (χ3n) is 5.17. The van der Waals surface area contributed by atoms with Gasteiger partial charge in [0.15, 0.2) is 23.4 Å². The SMILES string of the molecule is C=C1NC(O[C@@H]2CO[C@H]3C2OC[C@H]3O)=N/C1=N/C(=C(\C)Cl)c1ccc2c(c1)OCO2. The molecule has 0 saturated carbocycles. The zero-order valence-electron chi connectivity index (χ0n) is 16.1. The lowest BCUT2D eigenvalue weighted by Crippen LogP contribution is -2.36. The molecule has 4 aliphatic rings. The molecule has 10 heteroatoms. The number of benzene rings is 1. The summed E-state index contributed by atoms with van der Waals surface area (Å²) in [4.78, 5) is 8.99. The standard InChI is InChI=1S/C20H20ClN3O6/c1-9(21)16(11-3-4-13-14(5-11)29-8-28-13)23-19-10(2)22-20(24-19)30-15-7-27-17-12(25)6-26-18(15)17/h3-5,12,15,17-18,25H,2,6-8H2,1H3,(H,22,23,24)/b16-9+/t12-,15-,17-,18?/m1/s1. The van der Waals surface area contributed by atoms with E-state index in [4.69, 9.17) is 35.3 Å². The summed E-state index contributed by atoms with van der Waals surface area (Å²) in [5.41, 5.74) is 1.77. The lowest BCUT2D eigenvalue weighted by atomic mass is 10.1. The Hall–Kier alpha value is -2.59. The number of ether oxygens (including phenoxy) is 5. The van der Waals surface area contributed by atoms with Crippen LogP contribution in [0.1, 0.15) is 12.5 Å². The van der Waals surface area contributed by atoms with E-state index in [1.54, 1.807) is 6.92 Å². The van der Waals surface area contributed by atoms with Gasteiger partial charge in [-0.1, -0.05) is 18.2 Å². The van der Waals surface area contributed by atoms with Crippen LogP contribution in [0.4, 0.5) is 0 Å². The van der Waals surface area contributed by atoms with Crippen LogP contribution in [0.5, 0.6) is 11.5 Å². The molecule has 0 amide bonds. The second kappa shape index (κ2) is 7.59. The fraction of sp³-hybridized carbons (Fsp3) is 0.400.